The second-order valence-corrected chi connectivity index (χ2v) is 6.31. The van der Waals surface area contributed by atoms with Gasteiger partial charge in [0, 0.05) is 24.5 Å². The Balaban J connectivity index is 1.88. The summed E-state index contributed by atoms with van der Waals surface area (Å²) < 4.78 is 0. The second-order valence-electron chi connectivity index (χ2n) is 5.37. The monoisotopic (exact) mass is 281 g/mol. The minimum Gasteiger partial charge on any atom is -0.311 e. The number of hydrogen-bond acceptors (Lipinski definition) is 4. The van der Waals surface area contributed by atoms with Crippen molar-refractivity contribution in [3.05, 3.63) is 16.1 Å². The van der Waals surface area contributed by atoms with Crippen molar-refractivity contribution in [2.75, 3.05) is 13.1 Å². The van der Waals surface area contributed by atoms with Gasteiger partial charge in [-0.1, -0.05) is 33.1 Å². The van der Waals surface area contributed by atoms with Crippen LogP contribution in [-0.2, 0) is 13.1 Å². The van der Waals surface area contributed by atoms with Crippen molar-refractivity contribution in [2.24, 2.45) is 0 Å². The molecular weight excluding hydrogens is 254 g/mol. The standard InChI is InChI=1S/C15H27N3S/c1-3-16-10-15-17-13(12-19-15)11-18(4-2)14-8-6-5-7-9-14/h12,14,16H,3-11H2,1-2H3. The average molecular weight is 281 g/mol. The highest BCUT2D eigenvalue weighted by molar-refractivity contribution is 7.09. The molecule has 108 valence electrons. The van der Waals surface area contributed by atoms with Gasteiger partial charge in [0.25, 0.3) is 0 Å². The number of hydrogen-bond donors (Lipinski definition) is 1. The zero-order chi connectivity index (χ0) is 13.5. The van der Waals surface area contributed by atoms with Crippen LogP contribution in [0.15, 0.2) is 5.38 Å². The van der Waals surface area contributed by atoms with Crippen LogP contribution in [0.4, 0.5) is 0 Å². The van der Waals surface area contributed by atoms with Crippen LogP contribution in [0.2, 0.25) is 0 Å². The molecule has 1 aromatic heterocycles. The van der Waals surface area contributed by atoms with Crippen LogP contribution in [0.25, 0.3) is 0 Å². The highest BCUT2D eigenvalue weighted by Crippen LogP contribution is 2.24. The molecule has 1 aliphatic carbocycles. The largest absolute Gasteiger partial charge is 0.311 e. The lowest BCUT2D eigenvalue weighted by atomic mass is 9.94. The fourth-order valence-electron chi connectivity index (χ4n) is 2.89. The number of nitrogens with one attached hydrogen (secondary N) is 1. The van der Waals surface area contributed by atoms with Gasteiger partial charge in [-0.3, -0.25) is 4.90 Å². The molecule has 2 rings (SSSR count). The summed E-state index contributed by atoms with van der Waals surface area (Å²) in [5, 5.41) is 6.80. The van der Waals surface area contributed by atoms with E-state index in [0.29, 0.717) is 0 Å². The molecule has 0 amide bonds. The summed E-state index contributed by atoms with van der Waals surface area (Å²) in [6.07, 6.45) is 7.00. The van der Waals surface area contributed by atoms with Gasteiger partial charge in [0.05, 0.1) is 5.69 Å². The fraction of sp³-hybridized carbons (Fsp3) is 0.800. The van der Waals surface area contributed by atoms with Gasteiger partial charge in [0.15, 0.2) is 0 Å². The van der Waals surface area contributed by atoms with E-state index in [0.717, 1.165) is 32.2 Å². The van der Waals surface area contributed by atoms with E-state index in [2.05, 4.69) is 29.4 Å². The lowest BCUT2D eigenvalue weighted by molar-refractivity contribution is 0.154. The molecule has 0 atom stereocenters. The average Bonchev–Trinajstić information content (AvgIpc) is 2.91. The molecule has 0 aliphatic heterocycles. The SMILES string of the molecule is CCNCc1nc(CN(CC)C2CCCCC2)cs1. The molecule has 0 radical (unpaired) electrons. The van der Waals surface area contributed by atoms with Gasteiger partial charge in [0.2, 0.25) is 0 Å². The Hall–Kier alpha value is -0.450. The molecule has 1 N–H and O–H groups in total. The first kappa shape index (κ1) is 14.9. The summed E-state index contributed by atoms with van der Waals surface area (Å²) in [6, 6.07) is 0.790. The summed E-state index contributed by atoms with van der Waals surface area (Å²) in [6.45, 7) is 8.51. The summed E-state index contributed by atoms with van der Waals surface area (Å²) in [4.78, 5) is 7.36. The number of aromatic nitrogens is 1. The number of thiazole rings is 1. The summed E-state index contributed by atoms with van der Waals surface area (Å²) in [5.41, 5.74) is 1.25. The lowest BCUT2D eigenvalue weighted by Crippen LogP contribution is -2.36. The third kappa shape index (κ3) is 4.55. The van der Waals surface area contributed by atoms with Crippen molar-refractivity contribution in [1.29, 1.82) is 0 Å². The van der Waals surface area contributed by atoms with Crippen LogP contribution in [0.1, 0.15) is 56.7 Å². The van der Waals surface area contributed by atoms with Gasteiger partial charge >= 0.3 is 0 Å². The van der Waals surface area contributed by atoms with Crippen LogP contribution in [0.3, 0.4) is 0 Å². The van der Waals surface area contributed by atoms with Crippen LogP contribution < -0.4 is 5.32 Å². The predicted molar refractivity (Wildman–Crippen MR) is 82.5 cm³/mol. The molecule has 0 unspecified atom stereocenters. The molecule has 3 nitrogen and oxygen atoms in total. The molecule has 19 heavy (non-hydrogen) atoms. The zero-order valence-corrected chi connectivity index (χ0v) is 13.1. The second kappa shape index (κ2) is 7.98. The topological polar surface area (TPSA) is 28.2 Å². The first-order valence-corrected chi connectivity index (χ1v) is 8.59. The molecule has 1 aliphatic rings. The zero-order valence-electron chi connectivity index (χ0n) is 12.3. The van der Waals surface area contributed by atoms with Gasteiger partial charge < -0.3 is 5.32 Å². The smallest absolute Gasteiger partial charge is 0.107 e. The molecule has 1 aromatic rings. The highest BCUT2D eigenvalue weighted by atomic mass is 32.1. The van der Waals surface area contributed by atoms with Crippen molar-refractivity contribution in [2.45, 2.75) is 65.1 Å². The van der Waals surface area contributed by atoms with Crippen molar-refractivity contribution in [3.63, 3.8) is 0 Å². The number of rotatable bonds is 7. The van der Waals surface area contributed by atoms with E-state index in [9.17, 15) is 0 Å². The van der Waals surface area contributed by atoms with Crippen LogP contribution in [0, 0.1) is 0 Å². The third-order valence-electron chi connectivity index (χ3n) is 3.99. The van der Waals surface area contributed by atoms with E-state index in [-0.39, 0.29) is 0 Å². The van der Waals surface area contributed by atoms with Gasteiger partial charge in [0.1, 0.15) is 5.01 Å². The van der Waals surface area contributed by atoms with Gasteiger partial charge in [-0.25, -0.2) is 4.98 Å². The maximum Gasteiger partial charge on any atom is 0.107 e. The third-order valence-corrected chi connectivity index (χ3v) is 4.89. The van der Waals surface area contributed by atoms with Crippen molar-refractivity contribution in [3.8, 4) is 0 Å². The van der Waals surface area contributed by atoms with E-state index in [1.807, 2.05) is 0 Å². The van der Waals surface area contributed by atoms with Crippen molar-refractivity contribution < 1.29 is 0 Å². The minimum absolute atomic E-state index is 0.790. The summed E-state index contributed by atoms with van der Waals surface area (Å²) in [7, 11) is 0. The summed E-state index contributed by atoms with van der Waals surface area (Å²) in [5.74, 6) is 0. The van der Waals surface area contributed by atoms with Crippen LogP contribution >= 0.6 is 11.3 Å². The number of nitrogens with zero attached hydrogens (tertiary/aromatic N) is 2. The van der Waals surface area contributed by atoms with Crippen LogP contribution in [0.5, 0.6) is 0 Å². The molecule has 0 spiro atoms. The predicted octanol–water partition coefficient (Wildman–Crippen LogP) is 3.41. The maximum absolute atomic E-state index is 4.74. The van der Waals surface area contributed by atoms with Gasteiger partial charge in [-0.15, -0.1) is 11.3 Å². The molecule has 0 bridgehead atoms. The Labute approximate surface area is 121 Å². The maximum atomic E-state index is 4.74. The fourth-order valence-corrected chi connectivity index (χ4v) is 3.64. The van der Waals surface area contributed by atoms with Crippen LogP contribution in [-0.4, -0.2) is 29.0 Å². The molecule has 4 heteroatoms. The molecule has 0 aromatic carbocycles. The molecule has 0 saturated heterocycles. The Kier molecular flexibility index (Phi) is 6.28. The first-order chi connectivity index (χ1) is 9.33. The lowest BCUT2D eigenvalue weighted by Gasteiger charge is -2.33. The molecule has 1 heterocycles. The van der Waals surface area contributed by atoms with Crippen molar-refractivity contribution >= 4 is 11.3 Å². The quantitative estimate of drug-likeness (QED) is 0.830. The highest BCUT2D eigenvalue weighted by Gasteiger charge is 2.20. The normalized spacial score (nSPS) is 17.2. The minimum atomic E-state index is 0.790. The Bertz CT molecular complexity index is 358. The van der Waals surface area contributed by atoms with E-state index < -0.39 is 0 Å². The van der Waals surface area contributed by atoms with E-state index >= 15 is 0 Å². The Morgan fingerprint density at radius 1 is 1.32 bits per heavy atom. The van der Waals surface area contributed by atoms with E-state index in [1.165, 1.54) is 42.8 Å². The molecule has 1 fully saturated rings. The first-order valence-electron chi connectivity index (χ1n) is 7.71. The van der Waals surface area contributed by atoms with Crippen molar-refractivity contribution in [1.82, 2.24) is 15.2 Å². The molecular formula is C15H27N3S. The Morgan fingerprint density at radius 3 is 2.79 bits per heavy atom. The van der Waals surface area contributed by atoms with Gasteiger partial charge in [-0.05, 0) is 25.9 Å². The summed E-state index contributed by atoms with van der Waals surface area (Å²) >= 11 is 1.79. The van der Waals surface area contributed by atoms with Gasteiger partial charge in [-0.2, -0.15) is 0 Å². The van der Waals surface area contributed by atoms with E-state index in [4.69, 9.17) is 4.98 Å². The molecule has 1 saturated carbocycles. The van der Waals surface area contributed by atoms with E-state index in [1.54, 1.807) is 11.3 Å². The Morgan fingerprint density at radius 2 is 2.11 bits per heavy atom.